The van der Waals surface area contributed by atoms with Crippen molar-refractivity contribution in [1.82, 2.24) is 19.8 Å². The summed E-state index contributed by atoms with van der Waals surface area (Å²) in [4.78, 5) is 72.3. The number of phenols is 2. The number of aromatic nitrogens is 2. The van der Waals surface area contributed by atoms with Crippen molar-refractivity contribution in [2.24, 2.45) is 0 Å². The normalized spacial score (nSPS) is 11.4. The molecule has 16 nitrogen and oxygen atoms in total. The molecule has 0 radical (unpaired) electrons. The van der Waals surface area contributed by atoms with Crippen LogP contribution in [0.3, 0.4) is 0 Å². The van der Waals surface area contributed by atoms with E-state index in [0.29, 0.717) is 33.3 Å². The largest absolute Gasteiger partial charge is 0.573 e. The lowest BCUT2D eigenvalue weighted by molar-refractivity contribution is -0.275. The molecule has 2 amide bonds. The van der Waals surface area contributed by atoms with E-state index in [-0.39, 0.29) is 69.5 Å². The number of carbonyl (C=O) groups is 6. The second-order valence-corrected chi connectivity index (χ2v) is 15.0. The first-order chi connectivity index (χ1) is 31.2. The molecule has 0 saturated heterocycles. The van der Waals surface area contributed by atoms with Gasteiger partial charge in [0, 0.05) is 39.8 Å². The minimum absolute atomic E-state index is 0.0237. The van der Waals surface area contributed by atoms with Crippen molar-refractivity contribution in [2.75, 3.05) is 13.1 Å². The van der Waals surface area contributed by atoms with Gasteiger partial charge in [-0.3, -0.25) is 37.9 Å². The first kappa shape index (κ1) is 50.5. The maximum absolute atomic E-state index is 13.2. The minimum atomic E-state index is -4.88. The molecule has 0 saturated carbocycles. The Balaban J connectivity index is 0.000000251. The number of hydrogen-bond donors (Lipinski definition) is 6. The minimum Gasteiger partial charge on any atom is -0.506 e. The Kier molecular flexibility index (Phi) is 15.4. The third-order valence-corrected chi connectivity index (χ3v) is 10.3. The summed E-state index contributed by atoms with van der Waals surface area (Å²) in [5.41, 5.74) is 1.95. The number of benzene rings is 4. The zero-order valence-electron chi connectivity index (χ0n) is 34.4. The lowest BCUT2D eigenvalue weighted by Gasteiger charge is -2.11. The van der Waals surface area contributed by atoms with Crippen LogP contribution in [0.5, 0.6) is 23.0 Å². The van der Waals surface area contributed by atoms with Crippen molar-refractivity contribution in [3.63, 3.8) is 0 Å². The highest BCUT2D eigenvalue weighted by atomic mass is 35.5. The summed E-state index contributed by atoms with van der Waals surface area (Å²) in [7, 11) is 0. The molecule has 0 aliphatic rings. The first-order valence-electron chi connectivity index (χ1n) is 19.1. The zero-order valence-corrected chi connectivity index (χ0v) is 35.9. The average Bonchev–Trinajstić information content (AvgIpc) is 3.63. The van der Waals surface area contributed by atoms with Gasteiger partial charge in [-0.25, -0.2) is 0 Å². The van der Waals surface area contributed by atoms with Crippen LogP contribution in [0.25, 0.3) is 21.8 Å². The van der Waals surface area contributed by atoms with Gasteiger partial charge in [-0.1, -0.05) is 23.2 Å². The number of amides is 2. The summed E-state index contributed by atoms with van der Waals surface area (Å²) >= 11 is 12.0. The molecule has 0 fully saturated rings. The number of carbonyl (C=O) groups excluding carboxylic acids is 4. The second kappa shape index (κ2) is 20.4. The van der Waals surface area contributed by atoms with E-state index < -0.39 is 66.3 Å². The van der Waals surface area contributed by atoms with Crippen LogP contribution in [0.1, 0.15) is 49.7 Å². The SMILES string of the molecule is Cc1c(CC(=O)NCC(=O)O)c2cc(O)c(Cl)cc2n1C(=O)c1ccc(OC(F)(F)F)cc1.Cc1c(CC(=O)NCCC(=O)O)c2cc(O)c(Cl)cc2n1C(=O)c1ccc(OC(F)(F)F)cc1. The summed E-state index contributed by atoms with van der Waals surface area (Å²) in [6, 6.07) is 13.8. The third kappa shape index (κ3) is 12.7. The highest BCUT2D eigenvalue weighted by molar-refractivity contribution is 6.33. The molecule has 2 heterocycles. The molecule has 2 aromatic heterocycles. The first-order valence-corrected chi connectivity index (χ1v) is 19.8. The van der Waals surface area contributed by atoms with Gasteiger partial charge in [-0.2, -0.15) is 0 Å². The van der Waals surface area contributed by atoms with E-state index in [0.717, 1.165) is 48.5 Å². The van der Waals surface area contributed by atoms with Gasteiger partial charge >= 0.3 is 24.7 Å². The van der Waals surface area contributed by atoms with E-state index in [2.05, 4.69) is 20.1 Å². The highest BCUT2D eigenvalue weighted by Gasteiger charge is 2.32. The molecule has 354 valence electrons. The fourth-order valence-corrected chi connectivity index (χ4v) is 7.05. The van der Waals surface area contributed by atoms with Crippen molar-refractivity contribution < 1.29 is 85.0 Å². The number of phenolic OH excluding ortho intramolecular Hbond substituents is 2. The molecule has 6 aromatic rings. The molecule has 67 heavy (non-hydrogen) atoms. The summed E-state index contributed by atoms with van der Waals surface area (Å²) in [6.45, 7) is 2.40. The van der Waals surface area contributed by atoms with Crippen molar-refractivity contribution in [3.05, 3.63) is 116 Å². The van der Waals surface area contributed by atoms with E-state index in [1.54, 1.807) is 6.92 Å². The molecule has 0 unspecified atom stereocenters. The predicted molar refractivity (Wildman–Crippen MR) is 226 cm³/mol. The number of ether oxygens (including phenoxy) is 2. The van der Waals surface area contributed by atoms with Crippen molar-refractivity contribution in [2.45, 2.75) is 45.8 Å². The maximum Gasteiger partial charge on any atom is 0.573 e. The molecule has 0 aliphatic carbocycles. The second-order valence-electron chi connectivity index (χ2n) is 14.2. The maximum atomic E-state index is 13.2. The van der Waals surface area contributed by atoms with Gasteiger partial charge in [0.1, 0.15) is 29.5 Å². The molecule has 0 atom stereocenters. The van der Waals surface area contributed by atoms with Crippen molar-refractivity contribution in [3.8, 4) is 23.0 Å². The number of halogens is 8. The van der Waals surface area contributed by atoms with E-state index in [1.165, 1.54) is 40.3 Å². The van der Waals surface area contributed by atoms with Crippen LogP contribution >= 0.6 is 23.2 Å². The summed E-state index contributed by atoms with van der Waals surface area (Å²) in [5, 5.41) is 42.8. The smallest absolute Gasteiger partial charge is 0.506 e. The Bertz CT molecular complexity index is 2910. The van der Waals surface area contributed by atoms with Gasteiger partial charge in [-0.05, 0) is 97.8 Å². The molecule has 4 aromatic carbocycles. The van der Waals surface area contributed by atoms with Crippen LogP contribution in [0.4, 0.5) is 26.3 Å². The van der Waals surface area contributed by atoms with Crippen LogP contribution in [-0.4, -0.2) is 90.9 Å². The number of aromatic hydroxyl groups is 2. The Morgan fingerprint density at radius 1 is 0.597 bits per heavy atom. The number of aliphatic carboxylic acids is 2. The monoisotopic (exact) mass is 982 g/mol. The Morgan fingerprint density at radius 2 is 0.970 bits per heavy atom. The number of rotatable bonds is 13. The number of carboxylic acid groups (broad SMARTS) is 2. The van der Waals surface area contributed by atoms with Gasteiger partial charge in [0.2, 0.25) is 11.8 Å². The zero-order chi connectivity index (χ0) is 49.7. The quantitative estimate of drug-likeness (QED) is 0.0612. The van der Waals surface area contributed by atoms with Gasteiger partial charge in [0.15, 0.2) is 0 Å². The van der Waals surface area contributed by atoms with Crippen molar-refractivity contribution >= 4 is 80.6 Å². The number of nitrogens with one attached hydrogen (secondary N) is 2. The summed E-state index contributed by atoms with van der Waals surface area (Å²) in [5.74, 6) is -6.26. The molecule has 24 heteroatoms. The number of carboxylic acids is 2. The standard InChI is InChI=1S/C22H18ClF3N2O6.C21H16ClF3N2O6/c1-11-14(9-19(30)27-7-6-20(31)32)15-8-18(29)16(23)10-17(15)28(11)21(33)12-2-4-13(5-3-12)34-22(24,25)26;1-10-13(7-18(29)26-9-19(30)31)14-6-17(28)15(22)8-16(14)27(10)20(32)11-2-4-12(5-3-11)33-21(23,24)25/h2-5,8,10,29H,6-7,9H2,1H3,(H,27,30)(H,31,32);2-6,8,28H,7,9H2,1H3,(H,26,29)(H,30,31). The molecule has 0 bridgehead atoms. The van der Waals surface area contributed by atoms with Crippen molar-refractivity contribution in [1.29, 1.82) is 0 Å². The average molecular weight is 984 g/mol. The lowest BCUT2D eigenvalue weighted by atomic mass is 10.1. The highest BCUT2D eigenvalue weighted by Crippen LogP contribution is 2.37. The molecule has 0 spiro atoms. The number of alkyl halides is 6. The fraction of sp³-hybridized carbons (Fsp3) is 0.209. The van der Waals surface area contributed by atoms with Gasteiger partial charge in [-0.15, -0.1) is 26.3 Å². The Morgan fingerprint density at radius 3 is 1.31 bits per heavy atom. The molecular weight excluding hydrogens is 949 g/mol. The van der Waals surface area contributed by atoms with Gasteiger partial charge < -0.3 is 40.5 Å². The number of hydrogen-bond acceptors (Lipinski definition) is 10. The molecule has 6 rings (SSSR count). The van der Waals surface area contributed by atoms with E-state index >= 15 is 0 Å². The van der Waals surface area contributed by atoms with E-state index in [1.807, 2.05) is 0 Å². The van der Waals surface area contributed by atoms with Crippen LogP contribution in [0, 0.1) is 13.8 Å². The van der Waals surface area contributed by atoms with Crippen LogP contribution in [0.15, 0.2) is 72.8 Å². The van der Waals surface area contributed by atoms with E-state index in [9.17, 15) is 65.3 Å². The third-order valence-electron chi connectivity index (χ3n) is 9.65. The topological polar surface area (TPSA) is 236 Å². The fourth-order valence-electron chi connectivity index (χ4n) is 6.73. The Labute approximate surface area is 382 Å². The van der Waals surface area contributed by atoms with Gasteiger partial charge in [0.25, 0.3) is 11.8 Å². The van der Waals surface area contributed by atoms with Crippen LogP contribution in [0.2, 0.25) is 10.0 Å². The predicted octanol–water partition coefficient (Wildman–Crippen LogP) is 7.67. The number of nitrogens with zero attached hydrogens (tertiary/aromatic N) is 2. The molecule has 0 aliphatic heterocycles. The summed E-state index contributed by atoms with van der Waals surface area (Å²) in [6.07, 6.45) is -10.5. The van der Waals surface area contributed by atoms with Crippen LogP contribution in [-0.2, 0) is 32.0 Å². The molecular formula is C43H34Cl2F6N4O12. The Hall–Kier alpha value is -7.46. The van der Waals surface area contributed by atoms with E-state index in [4.69, 9.17) is 33.4 Å². The van der Waals surface area contributed by atoms with Crippen LogP contribution < -0.4 is 20.1 Å². The molecule has 6 N–H and O–H groups in total. The number of fused-ring (bicyclic) bond motifs is 2. The van der Waals surface area contributed by atoms with Gasteiger partial charge in [0.05, 0.1) is 40.3 Å². The summed E-state index contributed by atoms with van der Waals surface area (Å²) < 4.78 is 84.4. The lowest BCUT2D eigenvalue weighted by Crippen LogP contribution is -2.30.